The van der Waals surface area contributed by atoms with E-state index in [0.29, 0.717) is 18.4 Å². The number of urea groups is 1. The second-order valence-corrected chi connectivity index (χ2v) is 6.71. The average Bonchev–Trinajstić information content (AvgIpc) is 2.84. The van der Waals surface area contributed by atoms with Crippen LogP contribution in [0.15, 0.2) is 54.4 Å². The number of imide groups is 1. The van der Waals surface area contributed by atoms with Gasteiger partial charge in [0, 0.05) is 25.2 Å². The van der Waals surface area contributed by atoms with Gasteiger partial charge in [0.2, 0.25) is 0 Å². The summed E-state index contributed by atoms with van der Waals surface area (Å²) < 4.78 is 0. The third-order valence-electron chi connectivity index (χ3n) is 5.04. The highest BCUT2D eigenvalue weighted by atomic mass is 16.2. The Morgan fingerprint density at radius 1 is 1.19 bits per heavy atom. The lowest BCUT2D eigenvalue weighted by molar-refractivity contribution is -0.134. The maximum absolute atomic E-state index is 12.9. The summed E-state index contributed by atoms with van der Waals surface area (Å²) in [5, 5.41) is 2.83. The van der Waals surface area contributed by atoms with E-state index in [0.717, 1.165) is 10.5 Å². The number of ketones is 1. The van der Waals surface area contributed by atoms with Crippen molar-refractivity contribution in [3.8, 4) is 0 Å². The van der Waals surface area contributed by atoms with Crippen molar-refractivity contribution < 1.29 is 14.4 Å². The molecule has 6 nitrogen and oxygen atoms in total. The number of nitrogens with zero attached hydrogens (tertiary/aromatic N) is 2. The number of likely N-dealkylation sites (N-methyl/N-ethyl adjacent to an activating group) is 1. The van der Waals surface area contributed by atoms with Gasteiger partial charge in [-0.15, -0.1) is 0 Å². The first kappa shape index (κ1) is 17.9. The fourth-order valence-corrected chi connectivity index (χ4v) is 3.16. The van der Waals surface area contributed by atoms with Crippen LogP contribution in [0.25, 0.3) is 0 Å². The Morgan fingerprint density at radius 3 is 2.58 bits per heavy atom. The van der Waals surface area contributed by atoms with Gasteiger partial charge in [-0.25, -0.2) is 4.79 Å². The van der Waals surface area contributed by atoms with E-state index >= 15 is 0 Å². The molecule has 2 aliphatic rings. The van der Waals surface area contributed by atoms with Gasteiger partial charge in [-0.1, -0.05) is 36.4 Å². The Balaban J connectivity index is 1.71. The number of hydrogen-bond donors (Lipinski definition) is 1. The summed E-state index contributed by atoms with van der Waals surface area (Å²) in [5.41, 5.74) is 0.598. The molecule has 1 unspecified atom stereocenters. The molecule has 3 amide bonds. The fourth-order valence-electron chi connectivity index (χ4n) is 3.16. The average molecular weight is 352 g/mol. The molecule has 0 bridgehead atoms. The predicted molar refractivity (Wildman–Crippen MR) is 97.7 cm³/mol. The van der Waals surface area contributed by atoms with E-state index in [1.165, 1.54) is 4.90 Å². The van der Waals surface area contributed by atoms with E-state index in [4.69, 9.17) is 0 Å². The molecule has 3 rings (SSSR count). The van der Waals surface area contributed by atoms with Crippen LogP contribution in [0.2, 0.25) is 0 Å². The van der Waals surface area contributed by atoms with Crippen molar-refractivity contribution in [2.75, 3.05) is 13.6 Å². The first-order chi connectivity index (χ1) is 12.4. The number of aryl methyl sites for hydroxylation is 1. The minimum absolute atomic E-state index is 0.249. The molecule has 135 valence electrons. The number of amides is 3. The normalized spacial score (nSPS) is 22.5. The van der Waals surface area contributed by atoms with Crippen LogP contribution in [-0.4, -0.2) is 46.7 Å². The van der Waals surface area contributed by atoms with Gasteiger partial charge in [0.15, 0.2) is 5.78 Å². The molecular formula is C20H22N3O3. The zero-order valence-corrected chi connectivity index (χ0v) is 14.9. The molecule has 1 saturated heterocycles. The van der Waals surface area contributed by atoms with Gasteiger partial charge in [0.05, 0.1) is 6.54 Å². The lowest BCUT2D eigenvalue weighted by Crippen LogP contribution is -2.45. The molecule has 0 spiro atoms. The van der Waals surface area contributed by atoms with Crippen molar-refractivity contribution in [3.63, 3.8) is 0 Å². The monoisotopic (exact) mass is 352 g/mol. The number of hydrogen-bond acceptors (Lipinski definition) is 4. The summed E-state index contributed by atoms with van der Waals surface area (Å²) in [6, 6.07) is 9.40. The molecule has 0 saturated carbocycles. The molecule has 6 heteroatoms. The number of Topliss-reactive ketones (excluding diaryl/α,β-unsaturated/α-hetero) is 1. The highest BCUT2D eigenvalue weighted by Crippen LogP contribution is 2.31. The molecule has 2 aliphatic heterocycles. The molecule has 1 radical (unpaired) electrons. The molecule has 1 N–H and O–H groups in total. The summed E-state index contributed by atoms with van der Waals surface area (Å²) in [6.45, 7) is 1.51. The summed E-state index contributed by atoms with van der Waals surface area (Å²) in [5.74, 6) is -0.599. The summed E-state index contributed by atoms with van der Waals surface area (Å²) >= 11 is 0. The van der Waals surface area contributed by atoms with Gasteiger partial charge >= 0.3 is 6.03 Å². The quantitative estimate of drug-likeness (QED) is 0.796. The molecule has 0 aliphatic carbocycles. The van der Waals surface area contributed by atoms with Crippen LogP contribution in [0, 0.1) is 6.42 Å². The van der Waals surface area contributed by atoms with Gasteiger partial charge in [0.1, 0.15) is 5.54 Å². The fraction of sp³-hybridized carbons (Fsp3) is 0.300. The predicted octanol–water partition coefficient (Wildman–Crippen LogP) is 2.05. The first-order valence-corrected chi connectivity index (χ1v) is 8.56. The van der Waals surface area contributed by atoms with E-state index in [2.05, 4.69) is 5.32 Å². The van der Waals surface area contributed by atoms with Crippen LogP contribution in [-0.2, 0) is 16.0 Å². The highest BCUT2D eigenvalue weighted by molar-refractivity contribution is 6.11. The van der Waals surface area contributed by atoms with E-state index in [1.807, 2.05) is 30.3 Å². The second kappa shape index (κ2) is 7.15. The number of carbonyl (C=O) groups excluding carboxylic acids is 3. The van der Waals surface area contributed by atoms with Crippen molar-refractivity contribution >= 4 is 17.7 Å². The zero-order valence-electron chi connectivity index (χ0n) is 14.9. The van der Waals surface area contributed by atoms with Crippen molar-refractivity contribution in [1.29, 1.82) is 0 Å². The molecule has 2 heterocycles. The van der Waals surface area contributed by atoms with Crippen LogP contribution in [0.3, 0.4) is 0 Å². The molecular weight excluding hydrogens is 330 g/mol. The van der Waals surface area contributed by atoms with Crippen LogP contribution in [0.1, 0.15) is 18.9 Å². The topological polar surface area (TPSA) is 69.7 Å². The first-order valence-electron chi connectivity index (χ1n) is 8.56. The third-order valence-corrected chi connectivity index (χ3v) is 5.04. The number of rotatable bonds is 6. The Bertz CT molecular complexity index is 785. The molecule has 1 aromatic carbocycles. The number of benzene rings is 1. The van der Waals surface area contributed by atoms with Crippen molar-refractivity contribution in [2.24, 2.45) is 0 Å². The minimum atomic E-state index is -0.948. The van der Waals surface area contributed by atoms with Crippen LogP contribution in [0.5, 0.6) is 0 Å². The van der Waals surface area contributed by atoms with Crippen LogP contribution in [0.4, 0.5) is 4.79 Å². The van der Waals surface area contributed by atoms with Crippen LogP contribution < -0.4 is 5.32 Å². The van der Waals surface area contributed by atoms with Gasteiger partial charge in [0.25, 0.3) is 5.91 Å². The Hall–Kier alpha value is -2.89. The lowest BCUT2D eigenvalue weighted by atomic mass is 9.92. The van der Waals surface area contributed by atoms with Crippen LogP contribution >= 0.6 is 0 Å². The maximum atomic E-state index is 12.9. The number of dihydropyridines is 1. The second-order valence-electron chi connectivity index (χ2n) is 6.71. The highest BCUT2D eigenvalue weighted by Gasteiger charge is 2.52. The third kappa shape index (κ3) is 3.27. The molecule has 1 aromatic rings. The summed E-state index contributed by atoms with van der Waals surface area (Å²) in [6.07, 6.45) is 7.79. The molecule has 1 fully saturated rings. The molecule has 0 aromatic heterocycles. The van der Waals surface area contributed by atoms with Crippen molar-refractivity contribution in [1.82, 2.24) is 15.1 Å². The van der Waals surface area contributed by atoms with E-state index in [9.17, 15) is 14.4 Å². The van der Waals surface area contributed by atoms with E-state index in [1.54, 1.807) is 38.9 Å². The number of nitrogens with one attached hydrogen (secondary N) is 1. The van der Waals surface area contributed by atoms with Crippen molar-refractivity contribution in [3.05, 3.63) is 66.4 Å². The zero-order chi connectivity index (χ0) is 18.7. The lowest BCUT2D eigenvalue weighted by Gasteiger charge is -2.28. The summed E-state index contributed by atoms with van der Waals surface area (Å²) in [7, 11) is 1.62. The largest absolute Gasteiger partial charge is 0.368 e. The van der Waals surface area contributed by atoms with Gasteiger partial charge in [-0.2, -0.15) is 0 Å². The maximum Gasteiger partial charge on any atom is 0.327 e. The van der Waals surface area contributed by atoms with Gasteiger partial charge in [-0.05, 0) is 31.5 Å². The Morgan fingerprint density at radius 2 is 1.92 bits per heavy atom. The van der Waals surface area contributed by atoms with Gasteiger partial charge in [-0.3, -0.25) is 14.5 Å². The number of carbonyl (C=O) groups is 3. The van der Waals surface area contributed by atoms with E-state index in [-0.39, 0.29) is 18.2 Å². The molecule has 26 heavy (non-hydrogen) atoms. The standard InChI is InChI=1S/C20H22N3O3/c1-20(11-10-15-7-4-3-5-8-15)18(25)23(19(26)22(20)2)14-17(24)16-9-6-12-21-13-16/h3-9,12-13,21H,10-11,14H2,1-2H3. The Kier molecular flexibility index (Phi) is 4.93. The van der Waals surface area contributed by atoms with Gasteiger partial charge < -0.3 is 10.2 Å². The minimum Gasteiger partial charge on any atom is -0.368 e. The smallest absolute Gasteiger partial charge is 0.327 e. The Labute approximate surface area is 153 Å². The molecule has 1 atom stereocenters. The SMILES string of the molecule is CN1C(=O)N(CC(=O)C2=CNC=C[CH]2)C(=O)C1(C)CCc1ccccc1. The van der Waals surface area contributed by atoms with E-state index < -0.39 is 11.6 Å². The summed E-state index contributed by atoms with van der Waals surface area (Å²) in [4.78, 5) is 40.4. The number of allylic oxidation sites excluding steroid dienone is 1. The van der Waals surface area contributed by atoms with Crippen molar-refractivity contribution in [2.45, 2.75) is 25.3 Å².